The van der Waals surface area contributed by atoms with E-state index in [0.717, 1.165) is 10.0 Å². The third-order valence-corrected chi connectivity index (χ3v) is 4.10. The Morgan fingerprint density at radius 3 is 2.79 bits per heavy atom. The van der Waals surface area contributed by atoms with Gasteiger partial charge < -0.3 is 9.47 Å². The minimum absolute atomic E-state index is 0.224. The van der Waals surface area contributed by atoms with Crippen molar-refractivity contribution in [3.8, 4) is 11.5 Å². The van der Waals surface area contributed by atoms with Crippen molar-refractivity contribution in [1.82, 2.24) is 5.43 Å². The van der Waals surface area contributed by atoms with E-state index < -0.39 is 5.91 Å². The number of hydrogen-bond acceptors (Lipinski definition) is 4. The Labute approximate surface area is 157 Å². The summed E-state index contributed by atoms with van der Waals surface area (Å²) in [5, 5.41) is 4.71. The Bertz CT molecular complexity index is 769. The van der Waals surface area contributed by atoms with Crippen molar-refractivity contribution in [2.24, 2.45) is 5.10 Å². The van der Waals surface area contributed by atoms with Crippen molar-refractivity contribution in [3.63, 3.8) is 0 Å². The van der Waals surface area contributed by atoms with Crippen LogP contribution in [0.2, 0.25) is 10.0 Å². The summed E-state index contributed by atoms with van der Waals surface area (Å²) in [6, 6.07) is 10.2. The first-order valence-electron chi connectivity index (χ1n) is 6.73. The molecular weight excluding hydrogens is 419 g/mol. The number of halogens is 3. The van der Waals surface area contributed by atoms with Gasteiger partial charge in [0.15, 0.2) is 6.61 Å². The first kappa shape index (κ1) is 18.6. The van der Waals surface area contributed by atoms with Crippen LogP contribution in [0.5, 0.6) is 11.5 Å². The second-order valence-corrected chi connectivity index (χ2v) is 6.24. The standard InChI is InChI=1S/C16H13BrCl2N2O3/c1-23-12-3-4-13(17)10(6-12)8-20-21-16(22)9-24-15-5-2-11(18)7-14(15)19/h2-8H,9H2,1H3,(H,21,22)/b20-8+. The van der Waals surface area contributed by atoms with E-state index in [2.05, 4.69) is 26.5 Å². The van der Waals surface area contributed by atoms with Crippen LogP contribution in [0.3, 0.4) is 0 Å². The second-order valence-electron chi connectivity index (χ2n) is 4.54. The lowest BCUT2D eigenvalue weighted by molar-refractivity contribution is -0.123. The van der Waals surface area contributed by atoms with Crippen LogP contribution in [0.4, 0.5) is 0 Å². The van der Waals surface area contributed by atoms with Crippen LogP contribution in [0.1, 0.15) is 5.56 Å². The fourth-order valence-electron chi connectivity index (χ4n) is 1.69. The number of nitrogens with one attached hydrogen (secondary N) is 1. The molecule has 2 aromatic rings. The van der Waals surface area contributed by atoms with Crippen LogP contribution >= 0.6 is 39.1 Å². The summed E-state index contributed by atoms with van der Waals surface area (Å²) in [7, 11) is 1.57. The molecule has 0 saturated heterocycles. The van der Waals surface area contributed by atoms with Crippen molar-refractivity contribution >= 4 is 51.3 Å². The van der Waals surface area contributed by atoms with Gasteiger partial charge in [0.1, 0.15) is 11.5 Å². The molecule has 0 aromatic heterocycles. The summed E-state index contributed by atoms with van der Waals surface area (Å²) in [6.45, 7) is -0.224. The van der Waals surface area contributed by atoms with Crippen molar-refractivity contribution < 1.29 is 14.3 Å². The van der Waals surface area contributed by atoms with E-state index in [1.807, 2.05) is 12.1 Å². The predicted molar refractivity (Wildman–Crippen MR) is 98.4 cm³/mol. The molecule has 0 aliphatic rings. The SMILES string of the molecule is COc1ccc(Br)c(/C=N/NC(=O)COc2ccc(Cl)cc2Cl)c1. The van der Waals surface area contributed by atoms with Gasteiger partial charge in [0, 0.05) is 15.1 Å². The third-order valence-electron chi connectivity index (χ3n) is 2.85. The molecule has 0 radical (unpaired) electrons. The number of carbonyl (C=O) groups is 1. The molecule has 1 amide bonds. The van der Waals surface area contributed by atoms with Crippen molar-refractivity contribution in [1.29, 1.82) is 0 Å². The molecule has 0 saturated carbocycles. The molecule has 0 spiro atoms. The molecule has 0 unspecified atom stereocenters. The maximum Gasteiger partial charge on any atom is 0.277 e. The maximum absolute atomic E-state index is 11.7. The number of hydrogen-bond donors (Lipinski definition) is 1. The monoisotopic (exact) mass is 430 g/mol. The minimum atomic E-state index is -0.420. The molecule has 0 bridgehead atoms. The largest absolute Gasteiger partial charge is 0.497 e. The highest BCUT2D eigenvalue weighted by atomic mass is 79.9. The van der Waals surface area contributed by atoms with Gasteiger partial charge in [-0.3, -0.25) is 4.79 Å². The van der Waals surface area contributed by atoms with Crippen molar-refractivity contribution in [2.45, 2.75) is 0 Å². The topological polar surface area (TPSA) is 59.9 Å². The van der Waals surface area contributed by atoms with E-state index in [4.69, 9.17) is 32.7 Å². The van der Waals surface area contributed by atoms with Gasteiger partial charge in [0.2, 0.25) is 0 Å². The zero-order chi connectivity index (χ0) is 17.5. The Morgan fingerprint density at radius 1 is 1.29 bits per heavy atom. The quantitative estimate of drug-likeness (QED) is 0.548. The molecule has 5 nitrogen and oxygen atoms in total. The van der Waals surface area contributed by atoms with Gasteiger partial charge in [0.05, 0.1) is 18.3 Å². The lowest BCUT2D eigenvalue weighted by Gasteiger charge is -2.07. The average Bonchev–Trinajstić information content (AvgIpc) is 2.55. The van der Waals surface area contributed by atoms with Gasteiger partial charge in [-0.05, 0) is 36.4 Å². The number of benzene rings is 2. The van der Waals surface area contributed by atoms with Crippen molar-refractivity contribution in [2.75, 3.05) is 13.7 Å². The molecule has 8 heteroatoms. The summed E-state index contributed by atoms with van der Waals surface area (Å²) in [4.78, 5) is 11.7. The van der Waals surface area contributed by atoms with Gasteiger partial charge >= 0.3 is 0 Å². The smallest absolute Gasteiger partial charge is 0.277 e. The summed E-state index contributed by atoms with van der Waals surface area (Å²) in [6.07, 6.45) is 1.50. The van der Waals surface area contributed by atoms with Crippen LogP contribution in [-0.4, -0.2) is 25.8 Å². The highest BCUT2D eigenvalue weighted by Gasteiger charge is 2.06. The Balaban J connectivity index is 1.89. The number of hydrazone groups is 1. The molecule has 0 aliphatic carbocycles. The Hall–Kier alpha value is -1.76. The molecule has 24 heavy (non-hydrogen) atoms. The molecule has 0 fully saturated rings. The molecule has 126 valence electrons. The van der Waals surface area contributed by atoms with E-state index in [9.17, 15) is 4.79 Å². The summed E-state index contributed by atoms with van der Waals surface area (Å²) >= 11 is 15.1. The molecular formula is C16H13BrCl2N2O3. The van der Waals surface area contributed by atoms with E-state index in [-0.39, 0.29) is 6.61 Å². The van der Waals surface area contributed by atoms with Gasteiger partial charge in [-0.15, -0.1) is 0 Å². The molecule has 1 N–H and O–H groups in total. The van der Waals surface area contributed by atoms with Crippen LogP contribution in [0.25, 0.3) is 0 Å². The minimum Gasteiger partial charge on any atom is -0.497 e. The van der Waals surface area contributed by atoms with Crippen molar-refractivity contribution in [3.05, 3.63) is 56.5 Å². The zero-order valence-electron chi connectivity index (χ0n) is 12.6. The fourth-order valence-corrected chi connectivity index (χ4v) is 2.50. The first-order valence-corrected chi connectivity index (χ1v) is 8.28. The number of methoxy groups -OCH3 is 1. The van der Waals surface area contributed by atoms with E-state index in [0.29, 0.717) is 21.5 Å². The molecule has 0 heterocycles. The predicted octanol–water partition coefficient (Wildman–Crippen LogP) is 4.29. The number of rotatable bonds is 6. The van der Waals surface area contributed by atoms with Gasteiger partial charge in [-0.25, -0.2) is 5.43 Å². The van der Waals surface area contributed by atoms with Crippen LogP contribution in [0, 0.1) is 0 Å². The number of nitrogens with zero attached hydrogens (tertiary/aromatic N) is 1. The fraction of sp³-hybridized carbons (Fsp3) is 0.125. The summed E-state index contributed by atoms with van der Waals surface area (Å²) in [5.74, 6) is 0.638. The second kappa shape index (κ2) is 8.92. The highest BCUT2D eigenvalue weighted by Crippen LogP contribution is 2.27. The van der Waals surface area contributed by atoms with Gasteiger partial charge in [-0.2, -0.15) is 5.10 Å². The number of carbonyl (C=O) groups excluding carboxylic acids is 1. The van der Waals surface area contributed by atoms with Crippen LogP contribution < -0.4 is 14.9 Å². The molecule has 0 atom stereocenters. The Kier molecular flexibility index (Phi) is 6.90. The Morgan fingerprint density at radius 2 is 2.08 bits per heavy atom. The van der Waals surface area contributed by atoms with Gasteiger partial charge in [0.25, 0.3) is 5.91 Å². The van der Waals surface area contributed by atoms with E-state index in [1.165, 1.54) is 12.3 Å². The van der Waals surface area contributed by atoms with E-state index in [1.54, 1.807) is 25.3 Å². The average molecular weight is 432 g/mol. The zero-order valence-corrected chi connectivity index (χ0v) is 15.7. The lowest BCUT2D eigenvalue weighted by Crippen LogP contribution is -2.24. The van der Waals surface area contributed by atoms with E-state index >= 15 is 0 Å². The first-order chi connectivity index (χ1) is 11.5. The summed E-state index contributed by atoms with van der Waals surface area (Å²) < 4.78 is 11.3. The van der Waals surface area contributed by atoms with Gasteiger partial charge in [-0.1, -0.05) is 39.1 Å². The molecule has 2 rings (SSSR count). The third kappa shape index (κ3) is 5.40. The number of ether oxygens (including phenoxy) is 2. The van der Waals surface area contributed by atoms with Crippen LogP contribution in [0.15, 0.2) is 46.0 Å². The highest BCUT2D eigenvalue weighted by molar-refractivity contribution is 9.10. The number of amides is 1. The summed E-state index contributed by atoms with van der Waals surface area (Å²) in [5.41, 5.74) is 3.13. The maximum atomic E-state index is 11.7. The normalized spacial score (nSPS) is 10.7. The van der Waals surface area contributed by atoms with Crippen LogP contribution in [-0.2, 0) is 4.79 Å². The molecule has 2 aromatic carbocycles. The lowest BCUT2D eigenvalue weighted by atomic mass is 10.2. The molecule has 0 aliphatic heterocycles.